The summed E-state index contributed by atoms with van der Waals surface area (Å²) in [5, 5.41) is 3.80. The summed E-state index contributed by atoms with van der Waals surface area (Å²) in [7, 11) is 1.43. The van der Waals surface area contributed by atoms with Gasteiger partial charge in [0.25, 0.3) is 0 Å². The van der Waals surface area contributed by atoms with E-state index in [0.29, 0.717) is 0 Å². The van der Waals surface area contributed by atoms with E-state index in [4.69, 9.17) is 4.74 Å². The van der Waals surface area contributed by atoms with Gasteiger partial charge in [-0.2, -0.15) is 9.49 Å². The van der Waals surface area contributed by atoms with Gasteiger partial charge in [0, 0.05) is 0 Å². The first-order valence-electron chi connectivity index (χ1n) is 3.43. The third kappa shape index (κ3) is 1.34. The molecular formula is C7H11FN2O. The van der Waals surface area contributed by atoms with E-state index >= 15 is 0 Å². The van der Waals surface area contributed by atoms with Crippen LogP contribution in [-0.2, 0) is 0 Å². The van der Waals surface area contributed by atoms with Crippen molar-refractivity contribution in [3.63, 3.8) is 0 Å². The molecule has 0 spiro atoms. The molecule has 0 saturated heterocycles. The molecule has 0 aliphatic carbocycles. The number of aromatic nitrogens is 2. The number of hydrogen-bond donors (Lipinski definition) is 0. The van der Waals surface area contributed by atoms with Crippen molar-refractivity contribution in [1.29, 1.82) is 0 Å². The number of halogens is 1. The van der Waals surface area contributed by atoms with Crippen LogP contribution in [0, 0.1) is 5.82 Å². The van der Waals surface area contributed by atoms with Crippen LogP contribution >= 0.6 is 0 Å². The predicted molar refractivity (Wildman–Crippen MR) is 39.1 cm³/mol. The van der Waals surface area contributed by atoms with Crippen molar-refractivity contribution in [1.82, 2.24) is 9.78 Å². The number of rotatable bonds is 2. The van der Waals surface area contributed by atoms with Gasteiger partial charge in [-0.15, -0.1) is 0 Å². The van der Waals surface area contributed by atoms with E-state index in [0.717, 1.165) is 6.20 Å². The summed E-state index contributed by atoms with van der Waals surface area (Å²) in [5.41, 5.74) is 0. The minimum absolute atomic E-state index is 0.120. The Balaban J connectivity index is 3.05. The maximum atomic E-state index is 12.8. The fourth-order valence-corrected chi connectivity index (χ4v) is 0.889. The third-order valence-electron chi connectivity index (χ3n) is 1.39. The molecule has 0 atom stereocenters. The smallest absolute Gasteiger partial charge is 0.248 e. The minimum atomic E-state index is -0.416. The lowest BCUT2D eigenvalue weighted by Crippen LogP contribution is -2.05. The maximum Gasteiger partial charge on any atom is 0.248 e. The van der Waals surface area contributed by atoms with Crippen molar-refractivity contribution >= 4 is 0 Å². The summed E-state index contributed by atoms with van der Waals surface area (Å²) < 4.78 is 19.1. The molecule has 3 nitrogen and oxygen atoms in total. The fraction of sp³-hybridized carbons (Fsp3) is 0.571. The molecule has 1 rings (SSSR count). The molecule has 4 heteroatoms. The first kappa shape index (κ1) is 8.04. The molecule has 0 unspecified atom stereocenters. The number of nitrogens with zero attached hydrogens (tertiary/aromatic N) is 2. The van der Waals surface area contributed by atoms with Gasteiger partial charge in [-0.3, -0.25) is 0 Å². The summed E-state index contributed by atoms with van der Waals surface area (Å²) in [5.74, 6) is -0.221. The van der Waals surface area contributed by atoms with Crippen LogP contribution in [0.3, 0.4) is 0 Å². The largest absolute Gasteiger partial charge is 0.479 e. The van der Waals surface area contributed by atoms with E-state index in [1.54, 1.807) is 0 Å². The van der Waals surface area contributed by atoms with Crippen molar-refractivity contribution in [2.75, 3.05) is 7.11 Å². The van der Waals surface area contributed by atoms with Crippen LogP contribution in [0.15, 0.2) is 6.20 Å². The van der Waals surface area contributed by atoms with Crippen LogP contribution in [0.4, 0.5) is 4.39 Å². The average Bonchev–Trinajstić information content (AvgIpc) is 2.30. The first-order chi connectivity index (χ1) is 5.16. The molecule has 0 amide bonds. The Kier molecular flexibility index (Phi) is 2.12. The molecule has 62 valence electrons. The molecule has 1 heterocycles. The molecule has 1 aromatic rings. The lowest BCUT2D eigenvalue weighted by Gasteiger charge is -2.08. The summed E-state index contributed by atoms with van der Waals surface area (Å²) in [6, 6.07) is 0.120. The number of ether oxygens (including phenoxy) is 1. The van der Waals surface area contributed by atoms with Gasteiger partial charge in [-0.25, -0.2) is 4.68 Å². The van der Waals surface area contributed by atoms with Crippen molar-refractivity contribution < 1.29 is 9.13 Å². The minimum Gasteiger partial charge on any atom is -0.479 e. The molecule has 0 radical (unpaired) electrons. The second-order valence-electron chi connectivity index (χ2n) is 2.54. The van der Waals surface area contributed by atoms with E-state index in [2.05, 4.69) is 5.10 Å². The van der Waals surface area contributed by atoms with Crippen molar-refractivity contribution in [3.05, 3.63) is 12.0 Å². The van der Waals surface area contributed by atoms with Gasteiger partial charge in [0.1, 0.15) is 0 Å². The second-order valence-corrected chi connectivity index (χ2v) is 2.54. The highest BCUT2D eigenvalue weighted by molar-refractivity contribution is 5.11. The summed E-state index contributed by atoms with van der Waals surface area (Å²) in [6.07, 6.45) is 1.15. The zero-order valence-corrected chi connectivity index (χ0v) is 6.84. The van der Waals surface area contributed by atoms with E-state index in [1.165, 1.54) is 11.8 Å². The normalized spacial score (nSPS) is 10.6. The molecule has 0 aromatic carbocycles. The Labute approximate surface area is 64.8 Å². The summed E-state index contributed by atoms with van der Waals surface area (Å²) >= 11 is 0. The highest BCUT2D eigenvalue weighted by Crippen LogP contribution is 2.19. The topological polar surface area (TPSA) is 27.1 Å². The maximum absolute atomic E-state index is 12.8. The van der Waals surface area contributed by atoms with Crippen LogP contribution in [0.1, 0.15) is 19.9 Å². The lowest BCUT2D eigenvalue weighted by molar-refractivity contribution is 0.328. The van der Waals surface area contributed by atoms with Crippen molar-refractivity contribution in [2.45, 2.75) is 19.9 Å². The molecule has 1 aromatic heterocycles. The highest BCUT2D eigenvalue weighted by Gasteiger charge is 2.12. The monoisotopic (exact) mass is 158 g/mol. The summed E-state index contributed by atoms with van der Waals surface area (Å²) in [6.45, 7) is 3.82. The molecule has 0 N–H and O–H groups in total. The Hall–Kier alpha value is -1.06. The van der Waals surface area contributed by atoms with Gasteiger partial charge in [-0.1, -0.05) is 0 Å². The van der Waals surface area contributed by atoms with Gasteiger partial charge >= 0.3 is 0 Å². The predicted octanol–water partition coefficient (Wildman–Crippen LogP) is 1.61. The lowest BCUT2D eigenvalue weighted by atomic mass is 10.4. The van der Waals surface area contributed by atoms with Crippen molar-refractivity contribution in [2.24, 2.45) is 0 Å². The Morgan fingerprint density at radius 1 is 1.64 bits per heavy atom. The fourth-order valence-electron chi connectivity index (χ4n) is 0.889. The zero-order valence-electron chi connectivity index (χ0n) is 6.84. The average molecular weight is 158 g/mol. The molecule has 11 heavy (non-hydrogen) atoms. The van der Waals surface area contributed by atoms with Crippen molar-refractivity contribution in [3.8, 4) is 5.88 Å². The van der Waals surface area contributed by atoms with Crippen LogP contribution in [-0.4, -0.2) is 16.9 Å². The molecule has 0 aliphatic rings. The van der Waals surface area contributed by atoms with Crippen LogP contribution < -0.4 is 4.74 Å². The zero-order chi connectivity index (χ0) is 8.43. The molecule has 0 fully saturated rings. The van der Waals surface area contributed by atoms with Gasteiger partial charge in [0.05, 0.1) is 19.3 Å². The van der Waals surface area contributed by atoms with Crippen LogP contribution in [0.5, 0.6) is 5.88 Å². The number of hydrogen-bond acceptors (Lipinski definition) is 2. The van der Waals surface area contributed by atoms with Crippen LogP contribution in [0.2, 0.25) is 0 Å². The van der Waals surface area contributed by atoms with E-state index < -0.39 is 5.82 Å². The Bertz CT molecular complexity index is 245. The van der Waals surface area contributed by atoms with Gasteiger partial charge in [0.2, 0.25) is 11.7 Å². The highest BCUT2D eigenvalue weighted by atomic mass is 19.1. The van der Waals surface area contributed by atoms with Crippen LogP contribution in [0.25, 0.3) is 0 Å². The van der Waals surface area contributed by atoms with Gasteiger partial charge in [-0.05, 0) is 13.8 Å². The molecule has 0 bridgehead atoms. The van der Waals surface area contributed by atoms with Gasteiger partial charge < -0.3 is 4.74 Å². The van der Waals surface area contributed by atoms with Gasteiger partial charge in [0.15, 0.2) is 0 Å². The molecular weight excluding hydrogens is 147 g/mol. The third-order valence-corrected chi connectivity index (χ3v) is 1.39. The first-order valence-corrected chi connectivity index (χ1v) is 3.43. The summed E-state index contributed by atoms with van der Waals surface area (Å²) in [4.78, 5) is 0. The molecule has 0 aliphatic heterocycles. The van der Waals surface area contributed by atoms with E-state index in [9.17, 15) is 4.39 Å². The second kappa shape index (κ2) is 2.90. The SMILES string of the molecule is COc1c(F)cnn1C(C)C. The van der Waals surface area contributed by atoms with E-state index in [1.807, 2.05) is 13.8 Å². The number of methoxy groups -OCH3 is 1. The quantitative estimate of drug-likeness (QED) is 0.653. The molecule has 0 saturated carbocycles. The Morgan fingerprint density at radius 3 is 2.64 bits per heavy atom. The Morgan fingerprint density at radius 2 is 2.27 bits per heavy atom. The standard InChI is InChI=1S/C7H11FN2O/c1-5(2)10-7(11-3)6(8)4-9-10/h4-5H,1-3H3. The van der Waals surface area contributed by atoms with E-state index in [-0.39, 0.29) is 11.9 Å².